The molecule has 2 nitrogen and oxygen atoms in total. The second kappa shape index (κ2) is 6.75. The molecule has 0 saturated carbocycles. The van der Waals surface area contributed by atoms with Crippen molar-refractivity contribution in [3.63, 3.8) is 0 Å². The van der Waals surface area contributed by atoms with Crippen LogP contribution < -0.4 is 5.32 Å². The monoisotopic (exact) mass is 273 g/mol. The van der Waals surface area contributed by atoms with Gasteiger partial charge in [-0.25, -0.2) is 4.39 Å². The van der Waals surface area contributed by atoms with Crippen LogP contribution in [0.2, 0.25) is 0 Å². The zero-order valence-corrected chi connectivity index (χ0v) is 10.9. The maximum absolute atomic E-state index is 12.9. The first kappa shape index (κ1) is 13.4. The largest absolute Gasteiger partial charge is 0.322 e. The topological polar surface area (TPSA) is 29.1 Å². The Labute approximate surface area is 115 Å². The highest BCUT2D eigenvalue weighted by atomic mass is 32.2. The van der Waals surface area contributed by atoms with Gasteiger partial charge in [-0.05, 0) is 35.7 Å². The minimum atomic E-state index is -0.285. The molecule has 0 fully saturated rings. The first-order chi connectivity index (χ1) is 9.24. The summed E-state index contributed by atoms with van der Waals surface area (Å²) in [6.07, 6.45) is 1.42. The molecule has 0 unspecified atom stereocenters. The van der Waals surface area contributed by atoms with Gasteiger partial charge in [0, 0.05) is 16.7 Å². The quantitative estimate of drug-likeness (QED) is 0.672. The van der Waals surface area contributed by atoms with Crippen LogP contribution in [0.5, 0.6) is 0 Å². The SMILES string of the molecule is O=C(/C=C/Sc1cccc(F)c1)Nc1ccccc1. The summed E-state index contributed by atoms with van der Waals surface area (Å²) in [4.78, 5) is 12.3. The highest BCUT2D eigenvalue weighted by Crippen LogP contribution is 2.19. The molecule has 0 aromatic heterocycles. The zero-order valence-electron chi connectivity index (χ0n) is 10.0. The molecule has 2 rings (SSSR count). The molecule has 0 aliphatic heterocycles. The molecule has 19 heavy (non-hydrogen) atoms. The lowest BCUT2D eigenvalue weighted by Crippen LogP contribution is -2.07. The van der Waals surface area contributed by atoms with Gasteiger partial charge in [-0.1, -0.05) is 36.0 Å². The summed E-state index contributed by atoms with van der Waals surface area (Å²) < 4.78 is 12.9. The fourth-order valence-electron chi connectivity index (χ4n) is 1.42. The molecule has 4 heteroatoms. The van der Waals surface area contributed by atoms with Crippen molar-refractivity contribution in [2.45, 2.75) is 4.90 Å². The Bertz CT molecular complexity index is 584. The molecule has 96 valence electrons. The van der Waals surface area contributed by atoms with E-state index in [1.54, 1.807) is 17.5 Å². The van der Waals surface area contributed by atoms with Crippen molar-refractivity contribution in [3.05, 3.63) is 71.9 Å². The minimum Gasteiger partial charge on any atom is -0.322 e. The number of para-hydroxylation sites is 1. The Morgan fingerprint density at radius 2 is 1.89 bits per heavy atom. The smallest absolute Gasteiger partial charge is 0.248 e. The zero-order chi connectivity index (χ0) is 13.5. The Morgan fingerprint density at radius 3 is 2.63 bits per heavy atom. The number of hydrogen-bond donors (Lipinski definition) is 1. The summed E-state index contributed by atoms with van der Waals surface area (Å²) in [5.41, 5.74) is 0.743. The van der Waals surface area contributed by atoms with Crippen molar-refractivity contribution in [2.75, 3.05) is 5.32 Å². The maximum atomic E-state index is 12.9. The molecule has 0 saturated heterocycles. The van der Waals surface area contributed by atoms with Crippen LogP contribution in [0, 0.1) is 5.82 Å². The van der Waals surface area contributed by atoms with E-state index in [-0.39, 0.29) is 11.7 Å². The number of anilines is 1. The van der Waals surface area contributed by atoms with E-state index in [1.807, 2.05) is 30.3 Å². The van der Waals surface area contributed by atoms with E-state index in [0.29, 0.717) is 0 Å². The van der Waals surface area contributed by atoms with Crippen LogP contribution in [-0.2, 0) is 4.79 Å². The molecule has 0 aliphatic carbocycles. The lowest BCUT2D eigenvalue weighted by atomic mass is 10.3. The fourth-order valence-corrected chi connectivity index (χ4v) is 2.11. The first-order valence-electron chi connectivity index (χ1n) is 5.69. The molecule has 0 heterocycles. The van der Waals surface area contributed by atoms with Crippen molar-refractivity contribution in [2.24, 2.45) is 0 Å². The van der Waals surface area contributed by atoms with Gasteiger partial charge in [0.25, 0.3) is 0 Å². The van der Waals surface area contributed by atoms with Gasteiger partial charge in [0.2, 0.25) is 5.91 Å². The Kier molecular flexibility index (Phi) is 4.75. The molecule has 0 aliphatic rings. The number of hydrogen-bond acceptors (Lipinski definition) is 2. The Balaban J connectivity index is 1.87. The molecule has 2 aromatic rings. The van der Waals surface area contributed by atoms with E-state index in [2.05, 4.69) is 5.32 Å². The van der Waals surface area contributed by atoms with E-state index >= 15 is 0 Å². The van der Waals surface area contributed by atoms with E-state index in [9.17, 15) is 9.18 Å². The van der Waals surface area contributed by atoms with Crippen molar-refractivity contribution < 1.29 is 9.18 Å². The summed E-state index contributed by atoms with van der Waals surface area (Å²) in [6, 6.07) is 15.4. The van der Waals surface area contributed by atoms with Gasteiger partial charge in [-0.3, -0.25) is 4.79 Å². The molecule has 0 atom stereocenters. The third kappa shape index (κ3) is 4.60. The van der Waals surface area contributed by atoms with E-state index < -0.39 is 0 Å². The summed E-state index contributed by atoms with van der Waals surface area (Å²) in [5, 5.41) is 4.36. The molecular formula is C15H12FNOS. The highest BCUT2D eigenvalue weighted by molar-refractivity contribution is 8.02. The van der Waals surface area contributed by atoms with Gasteiger partial charge in [0.05, 0.1) is 0 Å². The second-order valence-corrected chi connectivity index (χ2v) is 4.71. The molecule has 1 N–H and O–H groups in total. The van der Waals surface area contributed by atoms with Crippen LogP contribution >= 0.6 is 11.8 Å². The van der Waals surface area contributed by atoms with Crippen LogP contribution in [0.3, 0.4) is 0 Å². The van der Waals surface area contributed by atoms with Crippen molar-refractivity contribution in [3.8, 4) is 0 Å². The normalized spacial score (nSPS) is 10.6. The van der Waals surface area contributed by atoms with Crippen LogP contribution in [-0.4, -0.2) is 5.91 Å². The minimum absolute atomic E-state index is 0.213. The van der Waals surface area contributed by atoms with Gasteiger partial charge in [0.15, 0.2) is 0 Å². The number of amides is 1. The lowest BCUT2D eigenvalue weighted by Gasteiger charge is -2.00. The van der Waals surface area contributed by atoms with Crippen LogP contribution in [0.1, 0.15) is 0 Å². The Hall–Kier alpha value is -2.07. The van der Waals surface area contributed by atoms with Crippen LogP contribution in [0.15, 0.2) is 71.0 Å². The van der Waals surface area contributed by atoms with Gasteiger partial charge >= 0.3 is 0 Å². The van der Waals surface area contributed by atoms with E-state index in [0.717, 1.165) is 10.6 Å². The molecule has 1 amide bonds. The second-order valence-electron chi connectivity index (χ2n) is 3.73. The number of rotatable bonds is 4. The number of benzene rings is 2. The number of thioether (sulfide) groups is 1. The summed E-state index contributed by atoms with van der Waals surface area (Å²) in [6.45, 7) is 0. The highest BCUT2D eigenvalue weighted by Gasteiger charge is 1.97. The van der Waals surface area contributed by atoms with E-state index in [4.69, 9.17) is 0 Å². The lowest BCUT2D eigenvalue weighted by molar-refractivity contribution is -0.111. The van der Waals surface area contributed by atoms with Gasteiger partial charge < -0.3 is 5.32 Å². The van der Waals surface area contributed by atoms with Crippen molar-refractivity contribution >= 4 is 23.4 Å². The molecule has 0 radical (unpaired) electrons. The number of carbonyl (C=O) groups excluding carboxylic acids is 1. The number of halogens is 1. The van der Waals surface area contributed by atoms with Crippen LogP contribution in [0.25, 0.3) is 0 Å². The number of nitrogens with one attached hydrogen (secondary N) is 1. The summed E-state index contributed by atoms with van der Waals surface area (Å²) in [7, 11) is 0. The third-order valence-electron chi connectivity index (χ3n) is 2.26. The first-order valence-corrected chi connectivity index (χ1v) is 6.57. The number of carbonyl (C=O) groups is 1. The van der Waals surface area contributed by atoms with Crippen molar-refractivity contribution in [1.29, 1.82) is 0 Å². The molecule has 2 aromatic carbocycles. The van der Waals surface area contributed by atoms with Gasteiger partial charge in [-0.2, -0.15) is 0 Å². The summed E-state index contributed by atoms with van der Waals surface area (Å²) in [5.74, 6) is -0.498. The molecule has 0 spiro atoms. The van der Waals surface area contributed by atoms with Gasteiger partial charge in [0.1, 0.15) is 5.82 Å². The molecular weight excluding hydrogens is 261 g/mol. The van der Waals surface area contributed by atoms with Crippen molar-refractivity contribution in [1.82, 2.24) is 0 Å². The maximum Gasteiger partial charge on any atom is 0.248 e. The third-order valence-corrected chi connectivity index (χ3v) is 3.06. The standard InChI is InChI=1S/C15H12FNOS/c16-12-5-4-8-14(11-12)19-10-9-15(18)17-13-6-2-1-3-7-13/h1-11H,(H,17,18)/b10-9+. The predicted octanol–water partition coefficient (Wildman–Crippen LogP) is 4.07. The summed E-state index contributed by atoms with van der Waals surface area (Å²) >= 11 is 1.29. The fraction of sp³-hybridized carbons (Fsp3) is 0. The average Bonchev–Trinajstić information content (AvgIpc) is 2.40. The molecule has 0 bridgehead atoms. The predicted molar refractivity (Wildman–Crippen MR) is 76.5 cm³/mol. The van der Waals surface area contributed by atoms with Gasteiger partial charge in [-0.15, -0.1) is 0 Å². The Morgan fingerprint density at radius 1 is 1.11 bits per heavy atom. The van der Waals surface area contributed by atoms with Crippen LogP contribution in [0.4, 0.5) is 10.1 Å². The average molecular weight is 273 g/mol. The van der Waals surface area contributed by atoms with E-state index in [1.165, 1.54) is 30.0 Å².